The fraction of sp³-hybridized carbons (Fsp3) is 0.278. The average Bonchev–Trinajstić information content (AvgIpc) is 3.17. The Labute approximate surface area is 159 Å². The maximum Gasteiger partial charge on any atom is 0.349 e. The first-order chi connectivity index (χ1) is 12.4. The van der Waals surface area contributed by atoms with Crippen LogP contribution in [0.1, 0.15) is 29.2 Å². The molecule has 3 rings (SSSR count). The summed E-state index contributed by atoms with van der Waals surface area (Å²) in [7, 11) is 0. The molecule has 1 unspecified atom stereocenters. The van der Waals surface area contributed by atoms with E-state index in [0.717, 1.165) is 21.6 Å². The van der Waals surface area contributed by atoms with Gasteiger partial charge in [-0.3, -0.25) is 4.79 Å². The first-order valence-electron chi connectivity index (χ1n) is 8.14. The summed E-state index contributed by atoms with van der Waals surface area (Å²) in [6.45, 7) is 5.73. The molecule has 0 aliphatic rings. The van der Waals surface area contributed by atoms with E-state index in [4.69, 9.17) is 16.3 Å². The number of aryl methyl sites for hydroxylation is 1. The van der Waals surface area contributed by atoms with Crippen molar-refractivity contribution >= 4 is 45.0 Å². The Morgan fingerprint density at radius 1 is 1.35 bits per heavy atom. The van der Waals surface area contributed by atoms with Crippen LogP contribution in [0.5, 0.6) is 0 Å². The van der Waals surface area contributed by atoms with Crippen molar-refractivity contribution in [1.29, 1.82) is 0 Å². The van der Waals surface area contributed by atoms with E-state index in [-0.39, 0.29) is 5.91 Å². The molecule has 2 aromatic heterocycles. The second-order valence-corrected chi connectivity index (χ2v) is 7.21. The zero-order chi connectivity index (χ0) is 18.8. The zero-order valence-electron chi connectivity index (χ0n) is 14.6. The Balaban J connectivity index is 1.90. The number of hydrogen-bond acceptors (Lipinski definition) is 5. The van der Waals surface area contributed by atoms with Gasteiger partial charge in [-0.05, 0) is 51.1 Å². The first kappa shape index (κ1) is 18.4. The van der Waals surface area contributed by atoms with Gasteiger partial charge in [0.15, 0.2) is 6.10 Å². The molecule has 0 saturated heterocycles. The summed E-state index contributed by atoms with van der Waals surface area (Å²) in [5.41, 5.74) is 1.66. The second-order valence-electron chi connectivity index (χ2n) is 5.75. The number of likely N-dealkylation sites (N-methyl/N-ethyl adjacent to an activating group) is 1. The number of hydrogen-bond donors (Lipinski definition) is 1. The summed E-state index contributed by atoms with van der Waals surface area (Å²) in [5.74, 6) is -0.836. The van der Waals surface area contributed by atoms with Gasteiger partial charge in [-0.1, -0.05) is 11.6 Å². The number of carbonyl (C=O) groups excluding carboxylic acids is 2. The van der Waals surface area contributed by atoms with Gasteiger partial charge in [0.2, 0.25) is 0 Å². The van der Waals surface area contributed by atoms with Crippen LogP contribution in [0.25, 0.3) is 15.9 Å². The van der Waals surface area contributed by atoms with Crippen molar-refractivity contribution in [2.24, 2.45) is 0 Å². The Bertz CT molecular complexity index is 962. The van der Waals surface area contributed by atoms with Gasteiger partial charge < -0.3 is 10.1 Å². The molecule has 6 nitrogen and oxygen atoms in total. The fourth-order valence-electron chi connectivity index (χ4n) is 2.50. The Kier molecular flexibility index (Phi) is 5.29. The lowest BCUT2D eigenvalue weighted by Gasteiger charge is -2.11. The molecule has 2 heterocycles. The smallest absolute Gasteiger partial charge is 0.349 e. The van der Waals surface area contributed by atoms with E-state index in [2.05, 4.69) is 10.4 Å². The van der Waals surface area contributed by atoms with Crippen molar-refractivity contribution < 1.29 is 14.3 Å². The lowest BCUT2D eigenvalue weighted by Crippen LogP contribution is -2.35. The maximum absolute atomic E-state index is 12.4. The third kappa shape index (κ3) is 3.59. The van der Waals surface area contributed by atoms with E-state index in [9.17, 15) is 9.59 Å². The predicted molar refractivity (Wildman–Crippen MR) is 102 cm³/mol. The quantitative estimate of drug-likeness (QED) is 0.672. The number of rotatable bonds is 5. The van der Waals surface area contributed by atoms with E-state index < -0.39 is 12.1 Å². The van der Waals surface area contributed by atoms with E-state index in [1.807, 2.05) is 26.0 Å². The highest BCUT2D eigenvalue weighted by Gasteiger charge is 2.22. The second kappa shape index (κ2) is 7.47. The highest BCUT2D eigenvalue weighted by atomic mass is 35.5. The van der Waals surface area contributed by atoms with Crippen LogP contribution >= 0.6 is 22.9 Å². The van der Waals surface area contributed by atoms with Crippen molar-refractivity contribution in [2.75, 3.05) is 6.54 Å². The number of benzene rings is 1. The van der Waals surface area contributed by atoms with Crippen molar-refractivity contribution in [3.05, 3.63) is 45.9 Å². The van der Waals surface area contributed by atoms with E-state index in [0.29, 0.717) is 16.4 Å². The van der Waals surface area contributed by atoms with Crippen molar-refractivity contribution in [1.82, 2.24) is 15.1 Å². The third-order valence-corrected chi connectivity index (χ3v) is 5.16. The third-order valence-electron chi connectivity index (χ3n) is 3.82. The number of thiophene rings is 1. The number of aromatic nitrogens is 2. The summed E-state index contributed by atoms with van der Waals surface area (Å²) in [5, 5.41) is 8.68. The van der Waals surface area contributed by atoms with Crippen LogP contribution in [0.15, 0.2) is 30.3 Å². The number of halogens is 1. The lowest BCUT2D eigenvalue weighted by atomic mass is 10.3. The van der Waals surface area contributed by atoms with Gasteiger partial charge in [0, 0.05) is 17.0 Å². The number of fused-ring (bicyclic) bond motifs is 1. The molecule has 1 amide bonds. The Hall–Kier alpha value is -2.38. The fourth-order valence-corrected chi connectivity index (χ4v) is 3.69. The largest absolute Gasteiger partial charge is 0.448 e. The molecule has 0 fully saturated rings. The molecule has 1 N–H and O–H groups in total. The molecule has 0 spiro atoms. The highest BCUT2D eigenvalue weighted by molar-refractivity contribution is 7.20. The lowest BCUT2D eigenvalue weighted by molar-refractivity contribution is -0.128. The molecule has 0 aliphatic carbocycles. The van der Waals surface area contributed by atoms with Crippen LogP contribution in [-0.4, -0.2) is 34.3 Å². The standard InChI is InChI=1S/C18H18ClN3O3S/c1-4-20-16(23)11(3)25-18(24)15-9-14-10(2)21-22(17(14)26-15)13-7-5-12(19)6-8-13/h5-9,11H,4H2,1-3H3,(H,20,23). The summed E-state index contributed by atoms with van der Waals surface area (Å²) in [6, 6.07) is 9.06. The molecule has 0 bridgehead atoms. The molecule has 1 aromatic carbocycles. The van der Waals surface area contributed by atoms with Crippen LogP contribution in [0.2, 0.25) is 5.02 Å². The molecule has 1 atom stereocenters. The monoisotopic (exact) mass is 391 g/mol. The maximum atomic E-state index is 12.4. The Morgan fingerprint density at radius 3 is 2.69 bits per heavy atom. The number of nitrogens with one attached hydrogen (secondary N) is 1. The molecule has 136 valence electrons. The number of esters is 1. The van der Waals surface area contributed by atoms with Crippen molar-refractivity contribution in [3.8, 4) is 5.69 Å². The highest BCUT2D eigenvalue weighted by Crippen LogP contribution is 2.31. The number of amides is 1. The van der Waals surface area contributed by atoms with Crippen molar-refractivity contribution in [3.63, 3.8) is 0 Å². The van der Waals surface area contributed by atoms with Gasteiger partial charge >= 0.3 is 5.97 Å². The number of carbonyl (C=O) groups is 2. The van der Waals surface area contributed by atoms with Gasteiger partial charge in [0.25, 0.3) is 5.91 Å². The summed E-state index contributed by atoms with van der Waals surface area (Å²) < 4.78 is 7.04. The van der Waals surface area contributed by atoms with Crippen LogP contribution in [0, 0.1) is 6.92 Å². The van der Waals surface area contributed by atoms with E-state index in [1.54, 1.807) is 29.8 Å². The summed E-state index contributed by atoms with van der Waals surface area (Å²) in [4.78, 5) is 25.4. The molecule has 0 saturated carbocycles. The van der Waals surface area contributed by atoms with Gasteiger partial charge in [-0.2, -0.15) is 5.10 Å². The van der Waals surface area contributed by atoms with Gasteiger partial charge in [0.1, 0.15) is 9.71 Å². The summed E-state index contributed by atoms with van der Waals surface area (Å²) in [6.07, 6.45) is -0.846. The van der Waals surface area contributed by atoms with Gasteiger partial charge in [-0.15, -0.1) is 11.3 Å². The topological polar surface area (TPSA) is 73.2 Å². The molecular formula is C18H18ClN3O3S. The van der Waals surface area contributed by atoms with Crippen molar-refractivity contribution in [2.45, 2.75) is 26.9 Å². The normalized spacial score (nSPS) is 12.2. The van der Waals surface area contributed by atoms with Gasteiger partial charge in [0.05, 0.1) is 11.4 Å². The molecular weight excluding hydrogens is 374 g/mol. The Morgan fingerprint density at radius 2 is 2.04 bits per heavy atom. The minimum atomic E-state index is -0.846. The molecule has 26 heavy (non-hydrogen) atoms. The molecule has 8 heteroatoms. The van der Waals surface area contributed by atoms with Crippen LogP contribution in [0.3, 0.4) is 0 Å². The van der Waals surface area contributed by atoms with E-state index >= 15 is 0 Å². The SMILES string of the molecule is CCNC(=O)C(C)OC(=O)c1cc2c(C)nn(-c3ccc(Cl)cc3)c2s1. The van der Waals surface area contributed by atoms with Gasteiger partial charge in [-0.25, -0.2) is 9.48 Å². The number of nitrogens with zero attached hydrogens (tertiary/aromatic N) is 2. The predicted octanol–water partition coefficient (Wildman–Crippen LogP) is 3.73. The summed E-state index contributed by atoms with van der Waals surface area (Å²) >= 11 is 7.22. The van der Waals surface area contributed by atoms with E-state index in [1.165, 1.54) is 11.3 Å². The van der Waals surface area contributed by atoms with Crippen LogP contribution < -0.4 is 5.32 Å². The molecule has 0 aliphatic heterocycles. The zero-order valence-corrected chi connectivity index (χ0v) is 16.1. The van der Waals surface area contributed by atoms with Crippen LogP contribution in [-0.2, 0) is 9.53 Å². The molecule has 0 radical (unpaired) electrons. The van der Waals surface area contributed by atoms with Crippen LogP contribution in [0.4, 0.5) is 0 Å². The first-order valence-corrected chi connectivity index (χ1v) is 9.34. The average molecular weight is 392 g/mol. The minimum Gasteiger partial charge on any atom is -0.448 e. The minimum absolute atomic E-state index is 0.314. The number of ether oxygens (including phenoxy) is 1. The molecule has 3 aromatic rings.